The maximum absolute atomic E-state index is 14.8. The number of carbonyl (C=O) groups is 3. The molecular weight excluding hydrogens is 492 g/mol. The van der Waals surface area contributed by atoms with Crippen LogP contribution in [0.4, 0.5) is 5.69 Å². The molecule has 0 saturated carbocycles. The molecule has 4 atom stereocenters. The van der Waals surface area contributed by atoms with Crippen molar-refractivity contribution >= 4 is 29.2 Å². The first-order chi connectivity index (χ1) is 18.7. The molecule has 39 heavy (non-hydrogen) atoms. The lowest BCUT2D eigenvalue weighted by Gasteiger charge is -2.38. The molecule has 196 valence electrons. The average Bonchev–Trinajstić information content (AvgIpc) is 3.60. The molecule has 7 nitrogen and oxygen atoms in total. The van der Waals surface area contributed by atoms with E-state index in [1.807, 2.05) is 86.5 Å². The number of ether oxygens (including phenoxy) is 2. The zero-order chi connectivity index (χ0) is 27.1. The molecular formula is C32H28N2O5. The van der Waals surface area contributed by atoms with Gasteiger partial charge in [0.1, 0.15) is 5.41 Å². The van der Waals surface area contributed by atoms with Crippen molar-refractivity contribution in [2.24, 2.45) is 11.3 Å². The van der Waals surface area contributed by atoms with Gasteiger partial charge in [-0.25, -0.2) is 0 Å². The van der Waals surface area contributed by atoms with Crippen molar-refractivity contribution in [3.05, 3.63) is 95.2 Å². The van der Waals surface area contributed by atoms with Gasteiger partial charge in [-0.2, -0.15) is 0 Å². The van der Waals surface area contributed by atoms with E-state index in [2.05, 4.69) is 5.32 Å². The summed E-state index contributed by atoms with van der Waals surface area (Å²) in [4.78, 5) is 45.5. The summed E-state index contributed by atoms with van der Waals surface area (Å²) in [6.07, 6.45) is 3.86. The van der Waals surface area contributed by atoms with Gasteiger partial charge in [0.15, 0.2) is 23.1 Å². The van der Waals surface area contributed by atoms with Gasteiger partial charge in [0.25, 0.3) is 0 Å². The van der Waals surface area contributed by atoms with E-state index in [4.69, 9.17) is 9.47 Å². The highest BCUT2D eigenvalue weighted by Gasteiger charge is 2.71. The molecule has 3 aromatic carbocycles. The van der Waals surface area contributed by atoms with Gasteiger partial charge in [0, 0.05) is 22.9 Å². The van der Waals surface area contributed by atoms with Crippen LogP contribution in [0.2, 0.25) is 0 Å². The number of para-hydroxylation sites is 1. The molecule has 0 radical (unpaired) electrons. The van der Waals surface area contributed by atoms with Crippen LogP contribution in [0.15, 0.2) is 72.9 Å². The number of benzene rings is 3. The monoisotopic (exact) mass is 520 g/mol. The van der Waals surface area contributed by atoms with E-state index >= 15 is 0 Å². The summed E-state index contributed by atoms with van der Waals surface area (Å²) >= 11 is 0. The van der Waals surface area contributed by atoms with E-state index in [0.29, 0.717) is 22.7 Å². The molecule has 7 rings (SSSR count). The first kappa shape index (κ1) is 23.7. The summed E-state index contributed by atoms with van der Waals surface area (Å²) in [6.45, 7) is 5.67. The first-order valence-electron chi connectivity index (χ1n) is 13.2. The topological polar surface area (TPSA) is 84.9 Å². The number of Topliss-reactive ketones (excluding diaryl/α,β-unsaturated/α-hetero) is 2. The number of hydrogen-bond acceptors (Lipinski definition) is 6. The lowest BCUT2D eigenvalue weighted by Crippen LogP contribution is -2.50. The van der Waals surface area contributed by atoms with Gasteiger partial charge in [0.2, 0.25) is 12.7 Å². The largest absolute Gasteiger partial charge is 0.454 e. The van der Waals surface area contributed by atoms with Crippen molar-refractivity contribution < 1.29 is 23.9 Å². The Labute approximate surface area is 226 Å². The lowest BCUT2D eigenvalue weighted by molar-refractivity contribution is -0.131. The van der Waals surface area contributed by atoms with Gasteiger partial charge in [-0.3, -0.25) is 14.4 Å². The first-order valence-corrected chi connectivity index (χ1v) is 13.2. The molecule has 4 unspecified atom stereocenters. The maximum Gasteiger partial charge on any atom is 0.238 e. The minimum absolute atomic E-state index is 0.0820. The summed E-state index contributed by atoms with van der Waals surface area (Å²) in [5.41, 5.74) is 1.57. The van der Waals surface area contributed by atoms with Crippen molar-refractivity contribution in [2.45, 2.75) is 38.3 Å². The number of ketones is 2. The fourth-order valence-electron chi connectivity index (χ4n) is 6.84. The highest BCUT2D eigenvalue weighted by Crippen LogP contribution is 2.62. The zero-order valence-electron chi connectivity index (χ0n) is 21.9. The number of rotatable bonds is 3. The summed E-state index contributed by atoms with van der Waals surface area (Å²) < 4.78 is 11.0. The third-order valence-corrected chi connectivity index (χ3v) is 8.52. The van der Waals surface area contributed by atoms with Crippen LogP contribution in [0.5, 0.6) is 11.5 Å². The van der Waals surface area contributed by atoms with Gasteiger partial charge in [0.05, 0.1) is 18.0 Å². The van der Waals surface area contributed by atoms with E-state index in [-0.39, 0.29) is 24.3 Å². The Kier molecular flexibility index (Phi) is 4.90. The van der Waals surface area contributed by atoms with Crippen LogP contribution >= 0.6 is 0 Å². The molecule has 4 aliphatic rings. The fourth-order valence-corrected chi connectivity index (χ4v) is 6.84. The Morgan fingerprint density at radius 1 is 0.974 bits per heavy atom. The minimum atomic E-state index is -1.34. The fraction of sp³-hybridized carbons (Fsp3) is 0.281. The zero-order valence-corrected chi connectivity index (χ0v) is 21.9. The molecule has 1 amide bonds. The van der Waals surface area contributed by atoms with E-state index < -0.39 is 28.8 Å². The van der Waals surface area contributed by atoms with Crippen LogP contribution in [0.1, 0.15) is 53.9 Å². The third-order valence-electron chi connectivity index (χ3n) is 8.52. The molecule has 7 heteroatoms. The van der Waals surface area contributed by atoms with Gasteiger partial charge in [-0.05, 0) is 47.0 Å². The lowest BCUT2D eigenvalue weighted by atomic mass is 9.62. The van der Waals surface area contributed by atoms with E-state index in [9.17, 15) is 14.4 Å². The summed E-state index contributed by atoms with van der Waals surface area (Å²) in [5.74, 6) is -0.590. The second kappa shape index (κ2) is 8.06. The second-order valence-electron chi connectivity index (χ2n) is 11.6. The van der Waals surface area contributed by atoms with Crippen molar-refractivity contribution in [3.8, 4) is 11.5 Å². The van der Waals surface area contributed by atoms with Crippen LogP contribution in [0, 0.1) is 11.3 Å². The van der Waals surface area contributed by atoms with E-state index in [1.165, 1.54) is 0 Å². The quantitative estimate of drug-likeness (QED) is 0.482. The van der Waals surface area contributed by atoms with Crippen LogP contribution < -0.4 is 14.8 Å². The molecule has 0 bridgehead atoms. The third kappa shape index (κ3) is 3.13. The summed E-state index contributed by atoms with van der Waals surface area (Å²) in [7, 11) is 0. The second-order valence-corrected chi connectivity index (χ2v) is 11.6. The predicted octanol–water partition coefficient (Wildman–Crippen LogP) is 5.13. The number of hydrogen-bond donors (Lipinski definition) is 1. The Bertz CT molecular complexity index is 1600. The predicted molar refractivity (Wildman–Crippen MR) is 145 cm³/mol. The molecule has 1 fully saturated rings. The van der Waals surface area contributed by atoms with Crippen molar-refractivity contribution in [2.75, 3.05) is 12.1 Å². The summed E-state index contributed by atoms with van der Waals surface area (Å²) in [5, 5.41) is 3.07. The molecule has 4 aliphatic heterocycles. The average molecular weight is 521 g/mol. The molecule has 4 heterocycles. The normalized spacial score (nSPS) is 25.8. The molecule has 1 saturated heterocycles. The van der Waals surface area contributed by atoms with Gasteiger partial charge < -0.3 is 19.7 Å². The SMILES string of the molecule is CC(C)(C)C(=O)C1C(C(=O)c2ccc3c(c2)OCO3)C2(C(=O)Nc3ccccc32)C2c3ccccc3C=CN12. The van der Waals surface area contributed by atoms with Gasteiger partial charge >= 0.3 is 0 Å². The number of nitrogens with one attached hydrogen (secondary N) is 1. The van der Waals surface area contributed by atoms with Crippen molar-refractivity contribution in [1.29, 1.82) is 0 Å². The van der Waals surface area contributed by atoms with Gasteiger partial charge in [-0.1, -0.05) is 63.2 Å². The number of fused-ring (bicyclic) bond motifs is 7. The molecule has 3 aromatic rings. The number of anilines is 1. The minimum Gasteiger partial charge on any atom is -0.454 e. The number of carbonyl (C=O) groups excluding carboxylic acids is 3. The standard InChI is InChI=1S/C32H28N2O5/c1-31(2,3)29(36)26-25(27(35)19-12-13-23-24(16-19)39-17-38-23)32(21-10-6-7-11-22(21)33-30(32)37)28-20-9-5-4-8-18(20)14-15-34(26)28/h4-16,25-26,28H,17H2,1-3H3,(H,33,37). The van der Waals surface area contributed by atoms with E-state index in [0.717, 1.165) is 16.7 Å². The van der Waals surface area contributed by atoms with Crippen LogP contribution in [0.3, 0.4) is 0 Å². The Balaban J connectivity index is 1.53. The Hall–Kier alpha value is -4.39. The molecule has 0 aromatic heterocycles. The van der Waals surface area contributed by atoms with Crippen molar-refractivity contribution in [3.63, 3.8) is 0 Å². The molecule has 0 aliphatic carbocycles. The van der Waals surface area contributed by atoms with Crippen LogP contribution in [-0.2, 0) is 15.0 Å². The van der Waals surface area contributed by atoms with Crippen molar-refractivity contribution in [1.82, 2.24) is 4.90 Å². The molecule has 1 spiro atoms. The van der Waals surface area contributed by atoms with Gasteiger partial charge in [-0.15, -0.1) is 0 Å². The smallest absolute Gasteiger partial charge is 0.238 e. The Morgan fingerprint density at radius 2 is 1.72 bits per heavy atom. The Morgan fingerprint density at radius 3 is 2.54 bits per heavy atom. The number of amides is 1. The van der Waals surface area contributed by atoms with Crippen LogP contribution in [-0.4, -0.2) is 35.2 Å². The number of nitrogens with zero attached hydrogens (tertiary/aromatic N) is 1. The summed E-state index contributed by atoms with van der Waals surface area (Å²) in [6, 6.07) is 19.1. The van der Waals surface area contributed by atoms with Crippen LogP contribution in [0.25, 0.3) is 6.08 Å². The highest BCUT2D eigenvalue weighted by atomic mass is 16.7. The van der Waals surface area contributed by atoms with E-state index in [1.54, 1.807) is 18.2 Å². The maximum atomic E-state index is 14.8. The highest BCUT2D eigenvalue weighted by molar-refractivity contribution is 6.15. The molecule has 1 N–H and O–H groups in total.